The fourth-order valence-electron chi connectivity index (χ4n) is 3.99. The van der Waals surface area contributed by atoms with E-state index in [0.717, 1.165) is 49.6 Å². The lowest BCUT2D eigenvalue weighted by atomic mass is 10.1. The number of fused-ring (bicyclic) bond motifs is 3. The van der Waals surface area contributed by atoms with Crippen LogP contribution in [0, 0.1) is 0 Å². The largest absolute Gasteiger partial charge is 0.354 e. The van der Waals surface area contributed by atoms with Gasteiger partial charge in [-0.1, -0.05) is 84.4 Å². The standard InChI is InChI=1S/C28H18ClN3S/c29-22-13-7-8-14-23(22)30-20-15-16-24-21(17-20)25-26(18-9-3-1-4-10-18)31-27(32-28(25)33-24)19-11-5-2-6-12-19/h1-17,30H. The van der Waals surface area contributed by atoms with Crippen molar-refractivity contribution in [2.24, 2.45) is 0 Å². The van der Waals surface area contributed by atoms with E-state index in [2.05, 4.69) is 47.8 Å². The van der Waals surface area contributed by atoms with E-state index in [1.165, 1.54) is 4.70 Å². The minimum Gasteiger partial charge on any atom is -0.354 e. The molecule has 6 rings (SSSR count). The first kappa shape index (κ1) is 19.9. The van der Waals surface area contributed by atoms with Crippen LogP contribution in [0.4, 0.5) is 11.4 Å². The number of aromatic nitrogens is 2. The van der Waals surface area contributed by atoms with Crippen LogP contribution in [0.5, 0.6) is 0 Å². The van der Waals surface area contributed by atoms with Crippen molar-refractivity contribution in [1.82, 2.24) is 9.97 Å². The number of hydrogen-bond acceptors (Lipinski definition) is 4. The van der Waals surface area contributed by atoms with E-state index in [1.807, 2.05) is 60.7 Å². The molecule has 6 aromatic rings. The van der Waals surface area contributed by atoms with Crippen LogP contribution in [0.15, 0.2) is 103 Å². The fourth-order valence-corrected chi connectivity index (χ4v) is 5.23. The summed E-state index contributed by atoms with van der Waals surface area (Å²) >= 11 is 8.06. The average Bonchev–Trinajstić information content (AvgIpc) is 3.24. The zero-order valence-electron chi connectivity index (χ0n) is 17.5. The molecular formula is C28H18ClN3S. The normalized spacial score (nSPS) is 11.2. The predicted octanol–water partition coefficient (Wildman–Crippen LogP) is 8.58. The van der Waals surface area contributed by atoms with Crippen molar-refractivity contribution in [3.8, 4) is 22.6 Å². The van der Waals surface area contributed by atoms with E-state index in [-0.39, 0.29) is 0 Å². The fraction of sp³-hybridized carbons (Fsp3) is 0. The van der Waals surface area contributed by atoms with Crippen LogP contribution in [0.3, 0.4) is 0 Å². The lowest BCUT2D eigenvalue weighted by Gasteiger charge is -2.09. The second-order valence-electron chi connectivity index (χ2n) is 7.73. The third kappa shape index (κ3) is 3.74. The molecule has 0 radical (unpaired) electrons. The first-order chi connectivity index (χ1) is 16.3. The molecule has 0 aliphatic rings. The summed E-state index contributed by atoms with van der Waals surface area (Å²) in [4.78, 5) is 11.0. The zero-order chi connectivity index (χ0) is 22.2. The molecule has 0 fully saturated rings. The summed E-state index contributed by atoms with van der Waals surface area (Å²) in [7, 11) is 0. The Morgan fingerprint density at radius 3 is 2.15 bits per heavy atom. The summed E-state index contributed by atoms with van der Waals surface area (Å²) in [6.07, 6.45) is 0. The molecule has 0 amide bonds. The van der Waals surface area contributed by atoms with Gasteiger partial charge in [0.05, 0.1) is 16.4 Å². The van der Waals surface area contributed by atoms with E-state index in [4.69, 9.17) is 21.6 Å². The van der Waals surface area contributed by atoms with Crippen molar-refractivity contribution in [3.63, 3.8) is 0 Å². The molecule has 0 atom stereocenters. The lowest BCUT2D eigenvalue weighted by molar-refractivity contribution is 1.24. The molecule has 33 heavy (non-hydrogen) atoms. The Hall–Kier alpha value is -3.73. The molecule has 0 spiro atoms. The van der Waals surface area contributed by atoms with Crippen LogP contribution in [0.2, 0.25) is 5.02 Å². The van der Waals surface area contributed by atoms with Crippen molar-refractivity contribution in [2.75, 3.05) is 5.32 Å². The number of thiophene rings is 1. The van der Waals surface area contributed by atoms with E-state index in [0.29, 0.717) is 5.02 Å². The summed E-state index contributed by atoms with van der Waals surface area (Å²) in [6.45, 7) is 0. The molecule has 0 bridgehead atoms. The number of hydrogen-bond donors (Lipinski definition) is 1. The SMILES string of the molecule is Clc1ccccc1Nc1ccc2sc3nc(-c4ccccc4)nc(-c4ccccc4)c3c2c1. The third-order valence-electron chi connectivity index (χ3n) is 5.56. The van der Waals surface area contributed by atoms with Crippen molar-refractivity contribution >= 4 is 54.6 Å². The van der Waals surface area contributed by atoms with E-state index >= 15 is 0 Å². The van der Waals surface area contributed by atoms with Gasteiger partial charge in [-0.2, -0.15) is 0 Å². The van der Waals surface area contributed by atoms with Crippen molar-refractivity contribution in [2.45, 2.75) is 0 Å². The Bertz CT molecular complexity index is 1590. The van der Waals surface area contributed by atoms with E-state index in [1.54, 1.807) is 11.3 Å². The van der Waals surface area contributed by atoms with Gasteiger partial charge < -0.3 is 5.32 Å². The highest BCUT2D eigenvalue weighted by atomic mass is 35.5. The van der Waals surface area contributed by atoms with Crippen molar-refractivity contribution in [3.05, 3.63) is 108 Å². The highest BCUT2D eigenvalue weighted by Gasteiger charge is 2.17. The van der Waals surface area contributed by atoms with Gasteiger partial charge in [0.25, 0.3) is 0 Å². The molecule has 0 aliphatic heterocycles. The van der Waals surface area contributed by atoms with E-state index in [9.17, 15) is 0 Å². The number of nitrogens with one attached hydrogen (secondary N) is 1. The zero-order valence-corrected chi connectivity index (χ0v) is 19.1. The van der Waals surface area contributed by atoms with Crippen molar-refractivity contribution < 1.29 is 0 Å². The van der Waals surface area contributed by atoms with Crippen LogP contribution in [0.1, 0.15) is 0 Å². The quantitative estimate of drug-likeness (QED) is 0.284. The number of anilines is 2. The molecule has 5 heteroatoms. The van der Waals surface area contributed by atoms with Gasteiger partial charge >= 0.3 is 0 Å². The first-order valence-corrected chi connectivity index (χ1v) is 11.8. The molecule has 0 unspecified atom stereocenters. The summed E-state index contributed by atoms with van der Waals surface area (Å²) in [5, 5.41) is 6.34. The Morgan fingerprint density at radius 2 is 1.39 bits per heavy atom. The highest BCUT2D eigenvalue weighted by molar-refractivity contribution is 7.25. The van der Waals surface area contributed by atoms with Gasteiger partial charge in [-0.25, -0.2) is 9.97 Å². The molecule has 158 valence electrons. The molecule has 0 saturated heterocycles. The van der Waals surface area contributed by atoms with Crippen LogP contribution < -0.4 is 5.32 Å². The second kappa shape index (κ2) is 8.32. The minimum atomic E-state index is 0.689. The average molecular weight is 464 g/mol. The molecule has 0 aliphatic carbocycles. The Labute approximate surface area is 200 Å². The third-order valence-corrected chi connectivity index (χ3v) is 6.96. The van der Waals surface area contributed by atoms with Gasteiger partial charge in [0.15, 0.2) is 5.82 Å². The van der Waals surface area contributed by atoms with E-state index < -0.39 is 0 Å². The summed E-state index contributed by atoms with van der Waals surface area (Å²) in [6, 6.07) is 34.6. The molecular weight excluding hydrogens is 446 g/mol. The summed E-state index contributed by atoms with van der Waals surface area (Å²) in [5.74, 6) is 0.739. The van der Waals surface area contributed by atoms with Gasteiger partial charge in [0.2, 0.25) is 0 Å². The van der Waals surface area contributed by atoms with Crippen LogP contribution >= 0.6 is 22.9 Å². The summed E-state index contributed by atoms with van der Waals surface area (Å²) < 4.78 is 1.17. The molecule has 0 saturated carbocycles. The molecule has 1 N–H and O–H groups in total. The Kier molecular flexibility index (Phi) is 5.02. The Morgan fingerprint density at radius 1 is 0.697 bits per heavy atom. The monoisotopic (exact) mass is 463 g/mol. The van der Waals surface area contributed by atoms with Gasteiger partial charge in [0, 0.05) is 32.3 Å². The number of nitrogens with zero attached hydrogens (tertiary/aromatic N) is 2. The smallest absolute Gasteiger partial charge is 0.161 e. The first-order valence-electron chi connectivity index (χ1n) is 10.6. The van der Waals surface area contributed by atoms with Crippen molar-refractivity contribution in [1.29, 1.82) is 0 Å². The minimum absolute atomic E-state index is 0.689. The maximum Gasteiger partial charge on any atom is 0.161 e. The molecule has 2 aromatic heterocycles. The van der Waals surface area contributed by atoms with Gasteiger partial charge in [-0.3, -0.25) is 0 Å². The number of benzene rings is 4. The topological polar surface area (TPSA) is 37.8 Å². The van der Waals surface area contributed by atoms with Gasteiger partial charge in [-0.15, -0.1) is 11.3 Å². The number of halogens is 1. The van der Waals surface area contributed by atoms with Gasteiger partial charge in [-0.05, 0) is 30.3 Å². The molecule has 3 nitrogen and oxygen atoms in total. The predicted molar refractivity (Wildman–Crippen MR) is 141 cm³/mol. The Balaban J connectivity index is 1.58. The van der Waals surface area contributed by atoms with Crippen LogP contribution in [-0.2, 0) is 0 Å². The molecule has 4 aromatic carbocycles. The molecule has 2 heterocycles. The maximum absolute atomic E-state index is 6.37. The summed E-state index contributed by atoms with van der Waals surface area (Å²) in [5.41, 5.74) is 4.88. The lowest BCUT2D eigenvalue weighted by Crippen LogP contribution is -1.93. The number of rotatable bonds is 4. The maximum atomic E-state index is 6.37. The van der Waals surface area contributed by atoms with Crippen LogP contribution in [-0.4, -0.2) is 9.97 Å². The van der Waals surface area contributed by atoms with Gasteiger partial charge in [0.1, 0.15) is 4.83 Å². The highest BCUT2D eigenvalue weighted by Crippen LogP contribution is 2.41. The number of para-hydroxylation sites is 1. The van der Waals surface area contributed by atoms with Crippen LogP contribution in [0.25, 0.3) is 42.9 Å². The second-order valence-corrected chi connectivity index (χ2v) is 9.16.